The zero-order chi connectivity index (χ0) is 21.2. The highest BCUT2D eigenvalue weighted by Gasteiger charge is 2.34. The van der Waals surface area contributed by atoms with Crippen LogP contribution in [0.3, 0.4) is 0 Å². The number of hydrazone groups is 1. The Kier molecular flexibility index (Phi) is 5.48. The van der Waals surface area contributed by atoms with Gasteiger partial charge in [0.1, 0.15) is 11.5 Å². The number of para-hydroxylation sites is 2. The van der Waals surface area contributed by atoms with E-state index in [1.165, 1.54) is 11.8 Å². The fourth-order valence-electron chi connectivity index (χ4n) is 3.70. The molecule has 3 aromatic heterocycles. The molecule has 0 bridgehead atoms. The highest BCUT2D eigenvalue weighted by Crippen LogP contribution is 2.36. The molecule has 4 aromatic rings. The molecule has 1 atom stereocenters. The number of hydrogen-bond donors (Lipinski definition) is 0. The Hall–Kier alpha value is -3.10. The van der Waals surface area contributed by atoms with Crippen LogP contribution >= 0.6 is 23.1 Å². The molecule has 0 N–H and O–H groups in total. The Morgan fingerprint density at radius 3 is 2.94 bits per heavy atom. The van der Waals surface area contributed by atoms with E-state index in [-0.39, 0.29) is 17.7 Å². The van der Waals surface area contributed by atoms with Crippen LogP contribution in [0.15, 0.2) is 87.5 Å². The molecule has 0 fully saturated rings. The van der Waals surface area contributed by atoms with E-state index < -0.39 is 0 Å². The molecule has 0 saturated carbocycles. The monoisotopic (exact) mass is 448 g/mol. The summed E-state index contributed by atoms with van der Waals surface area (Å²) in [6, 6.07) is 15.6. The fraction of sp³-hybridized carbons (Fsp3) is 0.174. The van der Waals surface area contributed by atoms with Crippen LogP contribution in [0, 0.1) is 0 Å². The van der Waals surface area contributed by atoms with Gasteiger partial charge in [-0.15, -0.1) is 17.9 Å². The molecule has 0 radical (unpaired) electrons. The molecule has 0 saturated heterocycles. The highest BCUT2D eigenvalue weighted by atomic mass is 32.2. The number of hydrogen-bond acceptors (Lipinski definition) is 6. The van der Waals surface area contributed by atoms with Gasteiger partial charge in [-0.2, -0.15) is 5.10 Å². The van der Waals surface area contributed by atoms with Gasteiger partial charge in [-0.05, 0) is 35.7 Å². The van der Waals surface area contributed by atoms with Crippen LogP contribution in [0.5, 0.6) is 0 Å². The average molecular weight is 449 g/mol. The van der Waals surface area contributed by atoms with E-state index in [0.29, 0.717) is 18.7 Å². The summed E-state index contributed by atoms with van der Waals surface area (Å²) in [6.07, 6.45) is 4.11. The van der Waals surface area contributed by atoms with E-state index in [1.807, 2.05) is 60.0 Å². The fourth-order valence-corrected chi connectivity index (χ4v) is 5.38. The molecule has 156 valence electrons. The van der Waals surface area contributed by atoms with E-state index >= 15 is 0 Å². The largest absolute Gasteiger partial charge is 0.463 e. The molecule has 31 heavy (non-hydrogen) atoms. The van der Waals surface area contributed by atoms with E-state index in [1.54, 1.807) is 22.6 Å². The zero-order valence-electron chi connectivity index (χ0n) is 16.7. The second-order valence-corrected chi connectivity index (χ2v) is 8.99. The summed E-state index contributed by atoms with van der Waals surface area (Å²) in [5, 5.41) is 9.07. The Morgan fingerprint density at radius 2 is 2.16 bits per heavy atom. The number of fused-ring (bicyclic) bond motifs is 1. The molecule has 1 aliphatic heterocycles. The minimum Gasteiger partial charge on any atom is -0.463 e. The molecule has 4 heterocycles. The number of aromatic nitrogens is 2. The smallest absolute Gasteiger partial charge is 0.253 e. The molecule has 5 rings (SSSR count). The molecule has 1 aromatic carbocycles. The number of rotatable bonds is 7. The third-order valence-corrected chi connectivity index (χ3v) is 7.03. The zero-order valence-corrected chi connectivity index (χ0v) is 18.3. The van der Waals surface area contributed by atoms with Gasteiger partial charge in [-0.25, -0.2) is 9.99 Å². The lowest BCUT2D eigenvalue weighted by molar-refractivity contribution is -0.130. The van der Waals surface area contributed by atoms with Crippen molar-refractivity contribution >= 4 is 45.8 Å². The van der Waals surface area contributed by atoms with Gasteiger partial charge in [0.05, 0.1) is 29.1 Å². The van der Waals surface area contributed by atoms with Gasteiger partial charge in [-0.3, -0.25) is 4.79 Å². The van der Waals surface area contributed by atoms with Gasteiger partial charge >= 0.3 is 0 Å². The number of allylic oxidation sites excluding steroid dienone is 1. The highest BCUT2D eigenvalue weighted by molar-refractivity contribution is 7.99. The topological polar surface area (TPSA) is 63.6 Å². The van der Waals surface area contributed by atoms with E-state index in [0.717, 1.165) is 26.8 Å². The van der Waals surface area contributed by atoms with Crippen molar-refractivity contribution in [3.63, 3.8) is 0 Å². The van der Waals surface area contributed by atoms with Crippen molar-refractivity contribution in [1.29, 1.82) is 0 Å². The van der Waals surface area contributed by atoms with Gasteiger partial charge in [-0.1, -0.05) is 36.0 Å². The van der Waals surface area contributed by atoms with Crippen molar-refractivity contribution in [2.24, 2.45) is 5.10 Å². The minimum absolute atomic E-state index is 0.0536. The summed E-state index contributed by atoms with van der Waals surface area (Å²) in [5.41, 5.74) is 2.74. The summed E-state index contributed by atoms with van der Waals surface area (Å²) in [4.78, 5) is 19.1. The first-order valence-electron chi connectivity index (χ1n) is 9.90. The number of imidazole rings is 1. The molecule has 1 aliphatic rings. The lowest BCUT2D eigenvalue weighted by Crippen LogP contribution is -2.28. The molecule has 1 unspecified atom stereocenters. The normalized spacial score (nSPS) is 16.1. The third kappa shape index (κ3) is 3.84. The van der Waals surface area contributed by atoms with Crippen molar-refractivity contribution in [2.75, 3.05) is 5.75 Å². The number of furan rings is 1. The number of carbonyl (C=O) groups is 1. The second-order valence-electron chi connectivity index (χ2n) is 7.07. The van der Waals surface area contributed by atoms with Crippen LogP contribution in [0.4, 0.5) is 0 Å². The van der Waals surface area contributed by atoms with Crippen molar-refractivity contribution in [3.8, 4) is 0 Å². The Morgan fingerprint density at radius 1 is 1.26 bits per heavy atom. The van der Waals surface area contributed by atoms with Crippen molar-refractivity contribution in [1.82, 2.24) is 14.6 Å². The first-order chi connectivity index (χ1) is 15.2. The maximum atomic E-state index is 13.2. The summed E-state index contributed by atoms with van der Waals surface area (Å²) < 4.78 is 7.61. The number of carbonyl (C=O) groups excluding carboxylic acids is 1. The van der Waals surface area contributed by atoms with Crippen LogP contribution in [-0.2, 0) is 11.3 Å². The van der Waals surface area contributed by atoms with E-state index in [4.69, 9.17) is 9.40 Å². The summed E-state index contributed by atoms with van der Waals surface area (Å²) in [5.74, 6) is 0.900. The van der Waals surface area contributed by atoms with Gasteiger partial charge in [0.25, 0.3) is 5.91 Å². The van der Waals surface area contributed by atoms with Crippen molar-refractivity contribution in [3.05, 3.63) is 83.5 Å². The first-order valence-corrected chi connectivity index (χ1v) is 11.8. The third-order valence-electron chi connectivity index (χ3n) is 5.10. The molecule has 8 heteroatoms. The lowest BCUT2D eigenvalue weighted by Gasteiger charge is -2.20. The molecule has 1 amide bonds. The Bertz CT molecular complexity index is 1240. The average Bonchev–Trinajstić information content (AvgIpc) is 3.58. The van der Waals surface area contributed by atoms with Crippen LogP contribution in [-0.4, -0.2) is 31.9 Å². The number of thiophene rings is 1. The van der Waals surface area contributed by atoms with Crippen LogP contribution in [0.2, 0.25) is 0 Å². The quantitative estimate of drug-likeness (QED) is 0.283. The number of nitrogens with zero attached hydrogens (tertiary/aromatic N) is 4. The predicted molar refractivity (Wildman–Crippen MR) is 124 cm³/mol. The molecular formula is C23H20N4O2S2. The number of benzene rings is 1. The molecule has 6 nitrogen and oxygen atoms in total. The van der Waals surface area contributed by atoms with Crippen LogP contribution in [0.25, 0.3) is 11.0 Å². The molecule has 0 aliphatic carbocycles. The summed E-state index contributed by atoms with van der Waals surface area (Å²) >= 11 is 3.06. The first kappa shape index (κ1) is 19.8. The number of thioether (sulfide) groups is 1. The van der Waals surface area contributed by atoms with E-state index in [9.17, 15) is 4.79 Å². The maximum absolute atomic E-state index is 13.2. The minimum atomic E-state index is -0.111. The van der Waals surface area contributed by atoms with E-state index in [2.05, 4.69) is 16.2 Å². The lowest BCUT2D eigenvalue weighted by atomic mass is 10.1. The van der Waals surface area contributed by atoms with Crippen LogP contribution in [0.1, 0.15) is 23.1 Å². The standard InChI is InChI=1S/C23H20N4O2S2/c1-2-11-26-18-8-4-3-7-16(18)24-23(26)31-15-22(28)27-19(21-10-6-13-30-21)14-17(25-27)20-9-5-12-29-20/h2-10,12-13,19H,1,11,14-15H2. The number of amides is 1. The van der Waals surface area contributed by atoms with Gasteiger partial charge in [0.2, 0.25) is 0 Å². The van der Waals surface area contributed by atoms with Gasteiger partial charge in [0, 0.05) is 17.8 Å². The van der Waals surface area contributed by atoms with Gasteiger partial charge in [0.15, 0.2) is 5.16 Å². The predicted octanol–water partition coefficient (Wildman–Crippen LogP) is 5.35. The SMILES string of the molecule is C=CCn1c(SCC(=O)N2N=C(c3ccco3)CC2c2cccs2)nc2ccccc21. The summed E-state index contributed by atoms with van der Waals surface area (Å²) in [6.45, 7) is 4.49. The summed E-state index contributed by atoms with van der Waals surface area (Å²) in [7, 11) is 0. The Balaban J connectivity index is 1.39. The molecular weight excluding hydrogens is 428 g/mol. The van der Waals surface area contributed by atoms with Gasteiger partial charge < -0.3 is 8.98 Å². The van der Waals surface area contributed by atoms with Crippen molar-refractivity contribution in [2.45, 2.75) is 24.2 Å². The Labute approximate surface area is 187 Å². The van der Waals surface area contributed by atoms with Crippen molar-refractivity contribution < 1.29 is 9.21 Å². The molecule has 0 spiro atoms. The maximum Gasteiger partial charge on any atom is 0.253 e. The van der Waals surface area contributed by atoms with Crippen LogP contribution < -0.4 is 0 Å². The second kappa shape index (κ2) is 8.56.